The molecule has 0 aliphatic rings. The second-order valence-electron chi connectivity index (χ2n) is 4.88. The quantitative estimate of drug-likeness (QED) is 0.761. The second kappa shape index (κ2) is 6.28. The Balaban J connectivity index is 2.03. The van der Waals surface area contributed by atoms with Crippen molar-refractivity contribution in [1.82, 2.24) is 0 Å². The molecule has 110 valence electrons. The van der Waals surface area contributed by atoms with Gasteiger partial charge in [0.1, 0.15) is 11.5 Å². The molecule has 0 aromatic heterocycles. The lowest BCUT2D eigenvalue weighted by molar-refractivity contribution is -0.155. The maximum Gasteiger partial charge on any atom is 0.337 e. The molecule has 2 aromatic rings. The lowest BCUT2D eigenvalue weighted by atomic mass is 10.1. The zero-order chi connectivity index (χ0) is 15.3. The van der Waals surface area contributed by atoms with Gasteiger partial charge in [-0.05, 0) is 31.2 Å². The van der Waals surface area contributed by atoms with Crippen LogP contribution in [0.1, 0.15) is 6.92 Å². The number of hydrogen-bond donors (Lipinski definition) is 3. The Hall–Kier alpha value is -2.53. The van der Waals surface area contributed by atoms with Gasteiger partial charge in [-0.25, -0.2) is 4.79 Å². The first-order valence-corrected chi connectivity index (χ1v) is 6.50. The summed E-state index contributed by atoms with van der Waals surface area (Å²) in [5, 5.41) is 21.4. The van der Waals surface area contributed by atoms with Gasteiger partial charge in [0.25, 0.3) is 0 Å². The summed E-state index contributed by atoms with van der Waals surface area (Å²) in [6, 6.07) is 16.4. The van der Waals surface area contributed by atoms with Crippen LogP contribution in [0.2, 0.25) is 0 Å². The van der Waals surface area contributed by atoms with Crippen molar-refractivity contribution in [2.75, 3.05) is 11.9 Å². The Bertz CT molecular complexity index is 611. The monoisotopic (exact) mass is 287 g/mol. The average Bonchev–Trinajstić information content (AvgIpc) is 2.47. The van der Waals surface area contributed by atoms with E-state index in [4.69, 9.17) is 9.84 Å². The highest BCUT2D eigenvalue weighted by Crippen LogP contribution is 2.24. The van der Waals surface area contributed by atoms with Crippen LogP contribution in [0.25, 0.3) is 0 Å². The van der Waals surface area contributed by atoms with Crippen molar-refractivity contribution in [2.45, 2.75) is 12.5 Å². The first-order valence-electron chi connectivity index (χ1n) is 6.50. The van der Waals surface area contributed by atoms with Gasteiger partial charge in [-0.2, -0.15) is 0 Å². The molecule has 0 spiro atoms. The maximum absolute atomic E-state index is 10.8. The lowest BCUT2D eigenvalue weighted by Gasteiger charge is -2.19. The molecular formula is C16H17NO4. The van der Waals surface area contributed by atoms with Crippen LogP contribution in [-0.4, -0.2) is 28.3 Å². The van der Waals surface area contributed by atoms with Gasteiger partial charge >= 0.3 is 5.97 Å². The average molecular weight is 287 g/mol. The highest BCUT2D eigenvalue weighted by Gasteiger charge is 2.29. The number of carboxylic acids is 1. The molecule has 1 atom stereocenters. The van der Waals surface area contributed by atoms with Crippen LogP contribution in [0.5, 0.6) is 11.5 Å². The first kappa shape index (κ1) is 14.9. The predicted molar refractivity (Wildman–Crippen MR) is 79.7 cm³/mol. The van der Waals surface area contributed by atoms with Gasteiger partial charge in [-0.3, -0.25) is 0 Å². The zero-order valence-electron chi connectivity index (χ0n) is 11.6. The molecular weight excluding hydrogens is 270 g/mol. The fourth-order valence-corrected chi connectivity index (χ4v) is 1.64. The minimum Gasteiger partial charge on any atom is -0.479 e. The Morgan fingerprint density at radius 1 is 1.14 bits per heavy atom. The van der Waals surface area contributed by atoms with Crippen molar-refractivity contribution in [3.63, 3.8) is 0 Å². The summed E-state index contributed by atoms with van der Waals surface area (Å²) >= 11 is 0. The van der Waals surface area contributed by atoms with Gasteiger partial charge in [0.05, 0.1) is 6.54 Å². The van der Waals surface area contributed by atoms with Crippen molar-refractivity contribution in [3.8, 4) is 11.5 Å². The number of anilines is 1. The van der Waals surface area contributed by atoms with Gasteiger partial charge in [-0.15, -0.1) is 0 Å². The maximum atomic E-state index is 10.8. The lowest BCUT2D eigenvalue weighted by Crippen LogP contribution is -2.41. The SMILES string of the molecule is CC(O)(CNc1cccc(Oc2ccccc2)c1)C(=O)O. The van der Waals surface area contributed by atoms with E-state index in [1.54, 1.807) is 24.3 Å². The van der Waals surface area contributed by atoms with Crippen molar-refractivity contribution in [2.24, 2.45) is 0 Å². The van der Waals surface area contributed by atoms with Gasteiger partial charge in [0, 0.05) is 11.8 Å². The summed E-state index contributed by atoms with van der Waals surface area (Å²) in [4.78, 5) is 10.8. The molecule has 5 heteroatoms. The third-order valence-electron chi connectivity index (χ3n) is 2.91. The Morgan fingerprint density at radius 2 is 1.81 bits per heavy atom. The summed E-state index contributed by atoms with van der Waals surface area (Å²) in [6.07, 6.45) is 0. The molecule has 2 aromatic carbocycles. The van der Waals surface area contributed by atoms with Gasteiger partial charge < -0.3 is 20.3 Å². The van der Waals surface area contributed by atoms with Crippen LogP contribution in [0.15, 0.2) is 54.6 Å². The minimum atomic E-state index is -1.82. The normalized spacial score (nSPS) is 13.2. The van der Waals surface area contributed by atoms with Crippen molar-refractivity contribution in [3.05, 3.63) is 54.6 Å². The van der Waals surface area contributed by atoms with E-state index in [9.17, 15) is 9.90 Å². The summed E-state index contributed by atoms with van der Waals surface area (Å²) < 4.78 is 5.68. The Kier molecular flexibility index (Phi) is 4.45. The molecule has 2 rings (SSSR count). The number of para-hydroxylation sites is 1. The largest absolute Gasteiger partial charge is 0.479 e. The van der Waals surface area contributed by atoms with E-state index in [2.05, 4.69) is 5.32 Å². The van der Waals surface area contributed by atoms with Crippen LogP contribution >= 0.6 is 0 Å². The van der Waals surface area contributed by atoms with Crippen LogP contribution in [0.3, 0.4) is 0 Å². The molecule has 0 saturated heterocycles. The summed E-state index contributed by atoms with van der Waals surface area (Å²) in [5.74, 6) is 0.0695. The zero-order valence-corrected chi connectivity index (χ0v) is 11.6. The third-order valence-corrected chi connectivity index (χ3v) is 2.91. The number of aliphatic hydroxyl groups is 1. The summed E-state index contributed by atoms with van der Waals surface area (Å²) in [6.45, 7) is 1.14. The van der Waals surface area contributed by atoms with E-state index in [1.807, 2.05) is 30.3 Å². The van der Waals surface area contributed by atoms with E-state index in [-0.39, 0.29) is 6.54 Å². The van der Waals surface area contributed by atoms with E-state index in [1.165, 1.54) is 6.92 Å². The number of ether oxygens (including phenoxy) is 1. The molecule has 21 heavy (non-hydrogen) atoms. The molecule has 0 aliphatic heterocycles. The molecule has 5 nitrogen and oxygen atoms in total. The van der Waals surface area contributed by atoms with Crippen LogP contribution in [0.4, 0.5) is 5.69 Å². The number of rotatable bonds is 6. The predicted octanol–water partition coefficient (Wildman–Crippen LogP) is 2.73. The molecule has 0 saturated carbocycles. The highest BCUT2D eigenvalue weighted by atomic mass is 16.5. The smallest absolute Gasteiger partial charge is 0.337 e. The molecule has 0 radical (unpaired) electrons. The summed E-state index contributed by atoms with van der Waals surface area (Å²) in [7, 11) is 0. The van der Waals surface area contributed by atoms with Crippen molar-refractivity contribution < 1.29 is 19.7 Å². The fraction of sp³-hybridized carbons (Fsp3) is 0.188. The number of carboxylic acid groups (broad SMARTS) is 1. The Morgan fingerprint density at radius 3 is 2.48 bits per heavy atom. The topological polar surface area (TPSA) is 78.8 Å². The third kappa shape index (κ3) is 4.22. The molecule has 0 fully saturated rings. The van der Waals surface area contributed by atoms with Crippen molar-refractivity contribution >= 4 is 11.7 Å². The number of carbonyl (C=O) groups is 1. The van der Waals surface area contributed by atoms with Crippen LogP contribution < -0.4 is 10.1 Å². The van der Waals surface area contributed by atoms with E-state index < -0.39 is 11.6 Å². The number of benzene rings is 2. The fourth-order valence-electron chi connectivity index (χ4n) is 1.64. The van der Waals surface area contributed by atoms with Gasteiger partial charge in [0.2, 0.25) is 0 Å². The Labute approximate surface area is 122 Å². The van der Waals surface area contributed by atoms with E-state index >= 15 is 0 Å². The summed E-state index contributed by atoms with van der Waals surface area (Å²) in [5.41, 5.74) is -1.15. The first-order chi connectivity index (χ1) is 9.97. The molecule has 3 N–H and O–H groups in total. The molecule has 0 aliphatic carbocycles. The number of nitrogens with one attached hydrogen (secondary N) is 1. The van der Waals surface area contributed by atoms with Crippen LogP contribution in [0, 0.1) is 0 Å². The van der Waals surface area contributed by atoms with E-state index in [0.717, 1.165) is 0 Å². The number of hydrogen-bond acceptors (Lipinski definition) is 4. The van der Waals surface area contributed by atoms with Gasteiger partial charge in [0.15, 0.2) is 5.60 Å². The standard InChI is InChI=1S/C16H17NO4/c1-16(20,15(18)19)11-17-12-6-5-9-14(10-12)21-13-7-3-2-4-8-13/h2-10,17,20H,11H2,1H3,(H,18,19). The number of aliphatic carboxylic acids is 1. The van der Waals surface area contributed by atoms with Crippen molar-refractivity contribution in [1.29, 1.82) is 0 Å². The molecule has 1 unspecified atom stereocenters. The van der Waals surface area contributed by atoms with E-state index in [0.29, 0.717) is 17.2 Å². The molecule has 0 amide bonds. The van der Waals surface area contributed by atoms with Gasteiger partial charge in [-0.1, -0.05) is 24.3 Å². The highest BCUT2D eigenvalue weighted by molar-refractivity contribution is 5.77. The minimum absolute atomic E-state index is 0.100. The van der Waals surface area contributed by atoms with Crippen LogP contribution in [-0.2, 0) is 4.79 Å². The molecule has 0 heterocycles. The second-order valence-corrected chi connectivity index (χ2v) is 4.88. The molecule has 0 bridgehead atoms.